The van der Waals surface area contributed by atoms with Gasteiger partial charge in [-0.3, -0.25) is 4.31 Å². The molecule has 1 unspecified atom stereocenters. The summed E-state index contributed by atoms with van der Waals surface area (Å²) in [4.78, 5) is 5.55. The van der Waals surface area contributed by atoms with Crippen molar-refractivity contribution in [1.82, 2.24) is 4.98 Å². The molecule has 1 aromatic heterocycles. The molecule has 0 spiro atoms. The Kier molecular flexibility index (Phi) is 4.54. The van der Waals surface area contributed by atoms with Gasteiger partial charge in [-0.15, -0.1) is 0 Å². The average molecular weight is 394 g/mol. The molecular weight excluding hydrogens is 376 g/mol. The molecule has 0 saturated heterocycles. The van der Waals surface area contributed by atoms with Crippen molar-refractivity contribution in [2.75, 3.05) is 4.31 Å². The number of anilines is 2. The van der Waals surface area contributed by atoms with Crippen LogP contribution in [-0.2, 0) is 11.0 Å². The van der Waals surface area contributed by atoms with Crippen LogP contribution in [0.2, 0.25) is 0 Å². The number of aromatic nitrogens is 1. The van der Waals surface area contributed by atoms with E-state index in [0.717, 1.165) is 38.1 Å². The largest absolute Gasteiger partial charge is 0.256 e. The molecule has 0 bridgehead atoms. The average Bonchev–Trinajstić information content (AvgIpc) is 2.79. The van der Waals surface area contributed by atoms with Crippen LogP contribution in [0.25, 0.3) is 21.8 Å². The van der Waals surface area contributed by atoms with Gasteiger partial charge in [0.1, 0.15) is 0 Å². The summed E-state index contributed by atoms with van der Waals surface area (Å²) in [5, 5.41) is 1.81. The number of hydrogen-bond acceptors (Lipinski definition) is 2. The van der Waals surface area contributed by atoms with Crippen molar-refractivity contribution >= 4 is 44.2 Å². The van der Waals surface area contributed by atoms with Crippen molar-refractivity contribution in [3.63, 3.8) is 0 Å². The lowest BCUT2D eigenvalue weighted by Crippen LogP contribution is -2.20. The number of benzene rings is 4. The predicted octanol–water partition coefficient (Wildman–Crippen LogP) is 6.25. The number of rotatable bonds is 4. The molecule has 5 rings (SSSR count). The lowest BCUT2D eigenvalue weighted by atomic mass is 10.1. The van der Waals surface area contributed by atoms with Crippen LogP contribution in [0.15, 0.2) is 114 Å². The highest BCUT2D eigenvalue weighted by Crippen LogP contribution is 2.35. The summed E-state index contributed by atoms with van der Waals surface area (Å²) in [6.07, 6.45) is 0. The van der Waals surface area contributed by atoms with Gasteiger partial charge in [0.2, 0.25) is 0 Å². The Morgan fingerprint density at radius 3 is 1.45 bits per heavy atom. The van der Waals surface area contributed by atoms with Gasteiger partial charge in [-0.05, 0) is 36.4 Å². The van der Waals surface area contributed by atoms with Crippen LogP contribution in [-0.4, -0.2) is 9.19 Å². The maximum atomic E-state index is 14.2. The van der Waals surface area contributed by atoms with E-state index in [4.69, 9.17) is 4.98 Å². The van der Waals surface area contributed by atoms with Crippen LogP contribution >= 0.6 is 0 Å². The number of fused-ring (bicyclic) bond motifs is 2. The molecule has 0 saturated carbocycles. The molecule has 0 aliphatic heterocycles. The summed E-state index contributed by atoms with van der Waals surface area (Å²) in [5.74, 6) is 0. The second kappa shape index (κ2) is 7.49. The van der Waals surface area contributed by atoms with Crippen molar-refractivity contribution in [1.29, 1.82) is 0 Å². The summed E-state index contributed by atoms with van der Waals surface area (Å²) < 4.78 is 16.1. The maximum absolute atomic E-state index is 14.2. The fourth-order valence-electron chi connectivity index (χ4n) is 3.55. The molecule has 0 N–H and O–H groups in total. The van der Waals surface area contributed by atoms with E-state index in [1.807, 2.05) is 113 Å². The summed E-state index contributed by atoms with van der Waals surface area (Å²) in [5.41, 5.74) is 3.44. The van der Waals surface area contributed by atoms with Gasteiger partial charge in [-0.2, -0.15) is 0 Å². The molecule has 1 atom stereocenters. The SMILES string of the molecule is O=S(c1c2ccccc2nc2ccccc12)N(c1ccccc1)c1ccccc1. The zero-order valence-electron chi connectivity index (χ0n) is 15.6. The van der Waals surface area contributed by atoms with E-state index in [-0.39, 0.29) is 0 Å². The van der Waals surface area contributed by atoms with Gasteiger partial charge in [0.25, 0.3) is 0 Å². The zero-order chi connectivity index (χ0) is 19.6. The standard InChI is InChI=1S/C25H18N2OS/c28-29(27(19-11-3-1-4-12-19)20-13-5-2-6-14-20)25-21-15-7-9-17-23(21)26-24-18-10-8-16-22(24)25/h1-18H. The summed E-state index contributed by atoms with van der Waals surface area (Å²) in [6.45, 7) is 0. The quantitative estimate of drug-likeness (QED) is 0.338. The van der Waals surface area contributed by atoms with Crippen LogP contribution in [0.4, 0.5) is 11.4 Å². The van der Waals surface area contributed by atoms with Crippen molar-refractivity contribution in [2.45, 2.75) is 4.90 Å². The van der Waals surface area contributed by atoms with Gasteiger partial charge in [0, 0.05) is 10.8 Å². The summed E-state index contributed by atoms with van der Waals surface area (Å²) in [7, 11) is -1.48. The van der Waals surface area contributed by atoms with Crippen LogP contribution in [0.1, 0.15) is 0 Å². The van der Waals surface area contributed by atoms with Crippen molar-refractivity contribution < 1.29 is 4.21 Å². The van der Waals surface area contributed by atoms with E-state index < -0.39 is 11.0 Å². The molecule has 1 heterocycles. The van der Waals surface area contributed by atoms with Gasteiger partial charge in [-0.25, -0.2) is 9.19 Å². The smallest absolute Gasteiger partial charge is 0.159 e. The van der Waals surface area contributed by atoms with Crippen molar-refractivity contribution in [3.8, 4) is 0 Å². The second-order valence-electron chi connectivity index (χ2n) is 6.69. The minimum atomic E-state index is -1.48. The molecule has 0 aliphatic carbocycles. The first kappa shape index (κ1) is 17.6. The normalized spacial score (nSPS) is 12.1. The van der Waals surface area contributed by atoms with Gasteiger partial charge in [0.05, 0.1) is 27.3 Å². The zero-order valence-corrected chi connectivity index (χ0v) is 16.4. The van der Waals surface area contributed by atoms with Gasteiger partial charge >= 0.3 is 0 Å². The Labute approximate surface area is 171 Å². The predicted molar refractivity (Wildman–Crippen MR) is 121 cm³/mol. The van der Waals surface area contributed by atoms with E-state index in [0.29, 0.717) is 0 Å². The van der Waals surface area contributed by atoms with E-state index in [2.05, 4.69) is 0 Å². The fraction of sp³-hybridized carbons (Fsp3) is 0. The van der Waals surface area contributed by atoms with Crippen molar-refractivity contribution in [3.05, 3.63) is 109 Å². The summed E-state index contributed by atoms with van der Waals surface area (Å²) >= 11 is 0. The molecule has 5 aromatic rings. The first-order valence-electron chi connectivity index (χ1n) is 9.42. The molecule has 0 fully saturated rings. The first-order chi connectivity index (χ1) is 14.3. The van der Waals surface area contributed by atoms with Gasteiger partial charge < -0.3 is 0 Å². The number of para-hydroxylation sites is 4. The van der Waals surface area contributed by atoms with Crippen LogP contribution < -0.4 is 4.31 Å². The van der Waals surface area contributed by atoms with Crippen LogP contribution in [0, 0.1) is 0 Å². The molecular formula is C25H18N2OS. The highest BCUT2D eigenvalue weighted by molar-refractivity contribution is 7.87. The molecule has 3 nitrogen and oxygen atoms in total. The topological polar surface area (TPSA) is 33.2 Å². The molecule has 0 radical (unpaired) electrons. The third kappa shape index (κ3) is 3.18. The molecule has 0 amide bonds. The summed E-state index contributed by atoms with van der Waals surface area (Å²) in [6, 6.07) is 35.5. The molecule has 4 aromatic carbocycles. The molecule has 0 aliphatic rings. The highest BCUT2D eigenvalue weighted by Gasteiger charge is 2.23. The second-order valence-corrected chi connectivity index (χ2v) is 7.96. The molecule has 4 heteroatoms. The Bertz CT molecular complexity index is 1230. The number of pyridine rings is 1. The Balaban J connectivity index is 1.81. The monoisotopic (exact) mass is 394 g/mol. The van der Waals surface area contributed by atoms with E-state index >= 15 is 0 Å². The first-order valence-corrected chi connectivity index (χ1v) is 10.5. The van der Waals surface area contributed by atoms with E-state index in [9.17, 15) is 4.21 Å². The van der Waals surface area contributed by atoms with Crippen LogP contribution in [0.3, 0.4) is 0 Å². The van der Waals surface area contributed by atoms with E-state index in [1.54, 1.807) is 0 Å². The Hall–Kier alpha value is -3.50. The third-order valence-electron chi connectivity index (χ3n) is 4.86. The fourth-order valence-corrected chi connectivity index (χ4v) is 5.08. The number of nitrogens with zero attached hydrogens (tertiary/aromatic N) is 2. The van der Waals surface area contributed by atoms with E-state index in [1.165, 1.54) is 0 Å². The minimum absolute atomic E-state index is 0.777. The lowest BCUT2D eigenvalue weighted by Gasteiger charge is -2.25. The van der Waals surface area contributed by atoms with Gasteiger partial charge in [-0.1, -0.05) is 72.8 Å². The van der Waals surface area contributed by atoms with Crippen molar-refractivity contribution in [2.24, 2.45) is 0 Å². The third-order valence-corrected chi connectivity index (χ3v) is 6.40. The van der Waals surface area contributed by atoms with Gasteiger partial charge in [0.15, 0.2) is 11.0 Å². The molecule has 140 valence electrons. The highest BCUT2D eigenvalue weighted by atomic mass is 32.2. The number of hydrogen-bond donors (Lipinski definition) is 0. The minimum Gasteiger partial charge on any atom is -0.256 e. The van der Waals surface area contributed by atoms with Crippen LogP contribution in [0.5, 0.6) is 0 Å². The maximum Gasteiger partial charge on any atom is 0.159 e. The lowest BCUT2D eigenvalue weighted by molar-refractivity contribution is 0.684. The molecule has 29 heavy (non-hydrogen) atoms. The Morgan fingerprint density at radius 2 is 0.966 bits per heavy atom. The Morgan fingerprint density at radius 1 is 0.552 bits per heavy atom.